The number of benzene rings is 1. The van der Waals surface area contributed by atoms with Gasteiger partial charge in [0.05, 0.1) is 19.6 Å². The van der Waals surface area contributed by atoms with Crippen LogP contribution >= 0.6 is 0 Å². The fourth-order valence-electron chi connectivity index (χ4n) is 2.15. The first-order valence-electron chi connectivity index (χ1n) is 6.79. The molecule has 1 aromatic carbocycles. The molecule has 0 saturated carbocycles. The average Bonchev–Trinajstić information content (AvgIpc) is 2.42. The minimum absolute atomic E-state index is 0.0654. The highest BCUT2D eigenvalue weighted by atomic mass is 16.5. The molecule has 4 nitrogen and oxygen atoms in total. The summed E-state index contributed by atoms with van der Waals surface area (Å²) >= 11 is 0. The molecular weight excluding hydrogens is 240 g/mol. The first-order valence-corrected chi connectivity index (χ1v) is 6.79. The lowest BCUT2D eigenvalue weighted by molar-refractivity contribution is -0.120. The van der Waals surface area contributed by atoms with E-state index in [0.29, 0.717) is 19.6 Å². The van der Waals surface area contributed by atoms with Crippen LogP contribution in [-0.4, -0.2) is 38.3 Å². The van der Waals surface area contributed by atoms with Crippen molar-refractivity contribution in [2.24, 2.45) is 0 Å². The van der Waals surface area contributed by atoms with E-state index in [0.717, 1.165) is 18.7 Å². The summed E-state index contributed by atoms with van der Waals surface area (Å²) < 4.78 is 5.35. The number of morpholine rings is 1. The maximum Gasteiger partial charge on any atom is 0.224 e. The SMILES string of the molecule is Cc1ccc(CC(=O)NCC2COCCN2)cc1C. The lowest BCUT2D eigenvalue weighted by Crippen LogP contribution is -2.48. The van der Waals surface area contributed by atoms with E-state index in [1.165, 1.54) is 11.1 Å². The van der Waals surface area contributed by atoms with Crippen molar-refractivity contribution in [3.63, 3.8) is 0 Å². The Bertz CT molecular complexity index is 440. The lowest BCUT2D eigenvalue weighted by Gasteiger charge is -2.23. The molecule has 104 valence electrons. The van der Waals surface area contributed by atoms with Crippen LogP contribution < -0.4 is 10.6 Å². The minimum atomic E-state index is 0.0654. The molecule has 2 N–H and O–H groups in total. The quantitative estimate of drug-likeness (QED) is 0.849. The molecule has 0 aliphatic carbocycles. The number of nitrogens with one attached hydrogen (secondary N) is 2. The molecule has 1 amide bonds. The van der Waals surface area contributed by atoms with Crippen LogP contribution in [0.25, 0.3) is 0 Å². The Hall–Kier alpha value is -1.39. The number of aryl methyl sites for hydroxylation is 2. The Labute approximate surface area is 114 Å². The second-order valence-electron chi connectivity index (χ2n) is 5.13. The van der Waals surface area contributed by atoms with Crippen LogP contribution in [-0.2, 0) is 16.0 Å². The molecule has 1 fully saturated rings. The molecule has 4 heteroatoms. The Balaban J connectivity index is 1.78. The van der Waals surface area contributed by atoms with Gasteiger partial charge in [0.15, 0.2) is 0 Å². The van der Waals surface area contributed by atoms with E-state index in [1.54, 1.807) is 0 Å². The molecule has 1 heterocycles. The maximum atomic E-state index is 11.9. The molecule has 2 rings (SSSR count). The summed E-state index contributed by atoms with van der Waals surface area (Å²) in [5.41, 5.74) is 3.55. The van der Waals surface area contributed by atoms with Crippen molar-refractivity contribution < 1.29 is 9.53 Å². The highest BCUT2D eigenvalue weighted by Gasteiger charge is 2.13. The number of carbonyl (C=O) groups excluding carboxylic acids is 1. The van der Waals surface area contributed by atoms with Crippen LogP contribution in [0.2, 0.25) is 0 Å². The third kappa shape index (κ3) is 4.33. The monoisotopic (exact) mass is 262 g/mol. The molecule has 1 aliphatic heterocycles. The number of rotatable bonds is 4. The van der Waals surface area contributed by atoms with Crippen molar-refractivity contribution in [3.8, 4) is 0 Å². The molecule has 1 unspecified atom stereocenters. The summed E-state index contributed by atoms with van der Waals surface area (Å²) in [4.78, 5) is 11.9. The fourth-order valence-corrected chi connectivity index (χ4v) is 2.15. The van der Waals surface area contributed by atoms with E-state index in [2.05, 4.69) is 36.6 Å². The van der Waals surface area contributed by atoms with Crippen molar-refractivity contribution in [1.82, 2.24) is 10.6 Å². The minimum Gasteiger partial charge on any atom is -0.378 e. The normalized spacial score (nSPS) is 19.2. The second-order valence-corrected chi connectivity index (χ2v) is 5.13. The number of hydrogen-bond acceptors (Lipinski definition) is 3. The number of ether oxygens (including phenoxy) is 1. The van der Waals surface area contributed by atoms with Gasteiger partial charge < -0.3 is 15.4 Å². The fraction of sp³-hybridized carbons (Fsp3) is 0.533. The van der Waals surface area contributed by atoms with Gasteiger partial charge in [-0.05, 0) is 30.5 Å². The largest absolute Gasteiger partial charge is 0.378 e. The molecular formula is C15H22N2O2. The van der Waals surface area contributed by atoms with E-state index < -0.39 is 0 Å². The van der Waals surface area contributed by atoms with Gasteiger partial charge in [0.2, 0.25) is 5.91 Å². The van der Waals surface area contributed by atoms with Gasteiger partial charge in [-0.1, -0.05) is 18.2 Å². The Kier molecular flexibility index (Phi) is 4.93. The molecule has 1 aliphatic rings. The van der Waals surface area contributed by atoms with Gasteiger partial charge in [0.1, 0.15) is 0 Å². The number of amides is 1. The summed E-state index contributed by atoms with van der Waals surface area (Å²) in [5, 5.41) is 6.27. The Morgan fingerprint density at radius 2 is 2.26 bits per heavy atom. The zero-order chi connectivity index (χ0) is 13.7. The third-order valence-electron chi connectivity index (χ3n) is 3.48. The smallest absolute Gasteiger partial charge is 0.224 e. The lowest BCUT2D eigenvalue weighted by atomic mass is 10.0. The van der Waals surface area contributed by atoms with E-state index >= 15 is 0 Å². The van der Waals surface area contributed by atoms with Crippen LogP contribution in [0.5, 0.6) is 0 Å². The third-order valence-corrected chi connectivity index (χ3v) is 3.48. The molecule has 1 aromatic rings. The van der Waals surface area contributed by atoms with Crippen molar-refractivity contribution in [2.45, 2.75) is 26.3 Å². The summed E-state index contributed by atoms with van der Waals surface area (Å²) in [6, 6.07) is 6.40. The van der Waals surface area contributed by atoms with E-state index in [-0.39, 0.29) is 11.9 Å². The van der Waals surface area contributed by atoms with Gasteiger partial charge in [-0.3, -0.25) is 4.79 Å². The van der Waals surface area contributed by atoms with E-state index in [4.69, 9.17) is 4.74 Å². The van der Waals surface area contributed by atoms with Gasteiger partial charge in [-0.25, -0.2) is 0 Å². The zero-order valence-electron chi connectivity index (χ0n) is 11.7. The van der Waals surface area contributed by atoms with Gasteiger partial charge in [0, 0.05) is 19.1 Å². The van der Waals surface area contributed by atoms with Crippen molar-refractivity contribution >= 4 is 5.91 Å². The van der Waals surface area contributed by atoms with E-state index in [1.807, 2.05) is 6.07 Å². The van der Waals surface area contributed by atoms with E-state index in [9.17, 15) is 4.79 Å². The molecule has 0 aromatic heterocycles. The Morgan fingerprint density at radius 1 is 1.42 bits per heavy atom. The second kappa shape index (κ2) is 6.68. The van der Waals surface area contributed by atoms with Crippen LogP contribution in [0.4, 0.5) is 0 Å². The van der Waals surface area contributed by atoms with Crippen LogP contribution in [0.3, 0.4) is 0 Å². The Morgan fingerprint density at radius 3 is 2.95 bits per heavy atom. The van der Waals surface area contributed by atoms with Crippen molar-refractivity contribution in [2.75, 3.05) is 26.3 Å². The molecule has 1 atom stereocenters. The number of hydrogen-bond donors (Lipinski definition) is 2. The summed E-state index contributed by atoms with van der Waals surface area (Å²) in [5.74, 6) is 0.0654. The summed E-state index contributed by atoms with van der Waals surface area (Å²) in [7, 11) is 0. The standard InChI is InChI=1S/C15H22N2O2/c1-11-3-4-13(7-12(11)2)8-15(18)17-9-14-10-19-6-5-16-14/h3-4,7,14,16H,5-6,8-10H2,1-2H3,(H,17,18). The maximum absolute atomic E-state index is 11.9. The first-order chi connectivity index (χ1) is 9.15. The predicted molar refractivity (Wildman–Crippen MR) is 75.2 cm³/mol. The van der Waals surface area contributed by atoms with Gasteiger partial charge in [-0.2, -0.15) is 0 Å². The highest BCUT2D eigenvalue weighted by molar-refractivity contribution is 5.78. The van der Waals surface area contributed by atoms with Crippen LogP contribution in [0.15, 0.2) is 18.2 Å². The molecule has 0 radical (unpaired) electrons. The van der Waals surface area contributed by atoms with Crippen molar-refractivity contribution in [3.05, 3.63) is 34.9 Å². The van der Waals surface area contributed by atoms with Crippen LogP contribution in [0.1, 0.15) is 16.7 Å². The number of carbonyl (C=O) groups is 1. The highest BCUT2D eigenvalue weighted by Crippen LogP contribution is 2.10. The first kappa shape index (κ1) is 14.0. The summed E-state index contributed by atoms with van der Waals surface area (Å²) in [6.45, 7) is 7.06. The predicted octanol–water partition coefficient (Wildman–Crippen LogP) is 0.951. The molecule has 1 saturated heterocycles. The van der Waals surface area contributed by atoms with Gasteiger partial charge in [0.25, 0.3) is 0 Å². The van der Waals surface area contributed by atoms with Gasteiger partial charge in [-0.15, -0.1) is 0 Å². The topological polar surface area (TPSA) is 50.4 Å². The zero-order valence-corrected chi connectivity index (χ0v) is 11.7. The molecule has 19 heavy (non-hydrogen) atoms. The van der Waals surface area contributed by atoms with Crippen LogP contribution in [0, 0.1) is 13.8 Å². The molecule has 0 bridgehead atoms. The molecule has 0 spiro atoms. The average molecular weight is 262 g/mol. The summed E-state index contributed by atoms with van der Waals surface area (Å²) in [6.07, 6.45) is 0.439. The van der Waals surface area contributed by atoms with Crippen molar-refractivity contribution in [1.29, 1.82) is 0 Å². The van der Waals surface area contributed by atoms with Gasteiger partial charge >= 0.3 is 0 Å².